The van der Waals surface area contributed by atoms with Crippen molar-refractivity contribution < 1.29 is 19.8 Å². The highest BCUT2D eigenvalue weighted by Gasteiger charge is 2.38. The van der Waals surface area contributed by atoms with E-state index in [9.17, 15) is 9.59 Å². The second-order valence-corrected chi connectivity index (χ2v) is 4.55. The standard InChI is InChI=1S/C12H24N2O4/c1-5-13(8-7-9-15)11(18)14(6-2)12(3,4)10(16)17/h15H,5-9H2,1-4H3,(H,16,17). The number of aliphatic carboxylic acids is 1. The van der Waals surface area contributed by atoms with Crippen molar-refractivity contribution in [1.29, 1.82) is 0 Å². The van der Waals surface area contributed by atoms with Gasteiger partial charge in [-0.3, -0.25) is 0 Å². The molecular weight excluding hydrogens is 236 g/mol. The molecule has 0 aromatic rings. The summed E-state index contributed by atoms with van der Waals surface area (Å²) in [5, 5.41) is 18.0. The predicted molar refractivity (Wildman–Crippen MR) is 68.4 cm³/mol. The number of hydrogen-bond donors (Lipinski definition) is 2. The Morgan fingerprint density at radius 2 is 1.72 bits per heavy atom. The van der Waals surface area contributed by atoms with Crippen LogP contribution in [0.15, 0.2) is 0 Å². The van der Waals surface area contributed by atoms with Crippen molar-refractivity contribution in [3.8, 4) is 0 Å². The monoisotopic (exact) mass is 260 g/mol. The number of carbonyl (C=O) groups is 2. The average molecular weight is 260 g/mol. The van der Waals surface area contributed by atoms with Crippen LogP contribution < -0.4 is 0 Å². The lowest BCUT2D eigenvalue weighted by Gasteiger charge is -2.37. The van der Waals surface area contributed by atoms with Crippen molar-refractivity contribution in [2.45, 2.75) is 39.7 Å². The van der Waals surface area contributed by atoms with Gasteiger partial charge in [0.1, 0.15) is 5.54 Å². The molecule has 106 valence electrons. The maximum absolute atomic E-state index is 12.3. The van der Waals surface area contributed by atoms with Crippen molar-refractivity contribution in [3.05, 3.63) is 0 Å². The molecule has 2 N–H and O–H groups in total. The molecule has 0 saturated carbocycles. The summed E-state index contributed by atoms with van der Waals surface area (Å²) in [5.74, 6) is -1.03. The summed E-state index contributed by atoms with van der Waals surface area (Å²) < 4.78 is 0. The third-order valence-corrected chi connectivity index (χ3v) is 2.98. The van der Waals surface area contributed by atoms with Gasteiger partial charge in [-0.15, -0.1) is 0 Å². The summed E-state index contributed by atoms with van der Waals surface area (Å²) in [6.45, 7) is 7.86. The van der Waals surface area contributed by atoms with Crippen LogP contribution in [0.25, 0.3) is 0 Å². The van der Waals surface area contributed by atoms with Gasteiger partial charge in [0.05, 0.1) is 0 Å². The zero-order valence-electron chi connectivity index (χ0n) is 11.6. The highest BCUT2D eigenvalue weighted by molar-refractivity contribution is 5.85. The van der Waals surface area contributed by atoms with Crippen LogP contribution in [-0.2, 0) is 4.79 Å². The Morgan fingerprint density at radius 1 is 1.17 bits per heavy atom. The van der Waals surface area contributed by atoms with Gasteiger partial charge in [0.25, 0.3) is 0 Å². The Balaban J connectivity index is 4.93. The van der Waals surface area contributed by atoms with Crippen LogP contribution >= 0.6 is 0 Å². The number of rotatable bonds is 7. The van der Waals surface area contributed by atoms with Crippen LogP contribution in [-0.4, -0.2) is 63.8 Å². The van der Waals surface area contributed by atoms with Crippen LogP contribution in [0.1, 0.15) is 34.1 Å². The summed E-state index contributed by atoms with van der Waals surface area (Å²) in [4.78, 5) is 26.3. The van der Waals surface area contributed by atoms with Crippen molar-refractivity contribution >= 4 is 12.0 Å². The lowest BCUT2D eigenvalue weighted by molar-refractivity contribution is -0.147. The molecule has 0 saturated heterocycles. The van der Waals surface area contributed by atoms with Crippen LogP contribution in [0.4, 0.5) is 4.79 Å². The fourth-order valence-corrected chi connectivity index (χ4v) is 1.71. The van der Waals surface area contributed by atoms with E-state index < -0.39 is 11.5 Å². The largest absolute Gasteiger partial charge is 0.480 e. The van der Waals surface area contributed by atoms with Gasteiger partial charge in [-0.25, -0.2) is 9.59 Å². The summed E-state index contributed by atoms with van der Waals surface area (Å²) >= 11 is 0. The Bertz CT molecular complexity index is 292. The first kappa shape index (κ1) is 16.7. The highest BCUT2D eigenvalue weighted by Crippen LogP contribution is 2.17. The lowest BCUT2D eigenvalue weighted by Crippen LogP contribution is -2.57. The van der Waals surface area contributed by atoms with Gasteiger partial charge in [0, 0.05) is 26.2 Å². The smallest absolute Gasteiger partial charge is 0.329 e. The topological polar surface area (TPSA) is 81.1 Å². The summed E-state index contributed by atoms with van der Waals surface area (Å²) in [7, 11) is 0. The molecule has 0 aliphatic carbocycles. The van der Waals surface area contributed by atoms with E-state index in [1.54, 1.807) is 11.8 Å². The maximum atomic E-state index is 12.3. The van der Waals surface area contributed by atoms with E-state index in [0.717, 1.165) is 0 Å². The van der Waals surface area contributed by atoms with E-state index in [-0.39, 0.29) is 12.6 Å². The van der Waals surface area contributed by atoms with Crippen molar-refractivity contribution in [1.82, 2.24) is 9.80 Å². The average Bonchev–Trinajstić information content (AvgIpc) is 2.30. The maximum Gasteiger partial charge on any atom is 0.329 e. The zero-order valence-corrected chi connectivity index (χ0v) is 11.6. The highest BCUT2D eigenvalue weighted by atomic mass is 16.4. The number of likely N-dealkylation sites (N-methyl/N-ethyl adjacent to an activating group) is 1. The molecule has 0 rings (SSSR count). The zero-order chi connectivity index (χ0) is 14.3. The number of amides is 2. The van der Waals surface area contributed by atoms with E-state index in [4.69, 9.17) is 10.2 Å². The predicted octanol–water partition coefficient (Wildman–Crippen LogP) is 0.996. The first-order chi connectivity index (χ1) is 8.32. The van der Waals surface area contributed by atoms with E-state index >= 15 is 0 Å². The molecule has 0 atom stereocenters. The molecule has 6 nitrogen and oxygen atoms in total. The van der Waals surface area contributed by atoms with Crippen molar-refractivity contribution in [2.24, 2.45) is 0 Å². The number of aliphatic hydroxyl groups is 1. The van der Waals surface area contributed by atoms with E-state index in [1.165, 1.54) is 18.7 Å². The van der Waals surface area contributed by atoms with E-state index in [2.05, 4.69) is 0 Å². The van der Waals surface area contributed by atoms with E-state index in [0.29, 0.717) is 26.1 Å². The Hall–Kier alpha value is -1.30. The van der Waals surface area contributed by atoms with Crippen LogP contribution in [0.5, 0.6) is 0 Å². The Labute approximate surface area is 108 Å². The molecule has 18 heavy (non-hydrogen) atoms. The number of hydrogen-bond acceptors (Lipinski definition) is 3. The first-order valence-corrected chi connectivity index (χ1v) is 6.23. The number of nitrogens with zero attached hydrogens (tertiary/aromatic N) is 2. The first-order valence-electron chi connectivity index (χ1n) is 6.23. The fraction of sp³-hybridized carbons (Fsp3) is 0.833. The summed E-state index contributed by atoms with van der Waals surface area (Å²) in [6, 6.07) is -0.305. The van der Waals surface area contributed by atoms with E-state index in [1.807, 2.05) is 6.92 Å². The molecule has 0 spiro atoms. The molecular formula is C12H24N2O4. The Kier molecular flexibility index (Phi) is 6.68. The normalized spacial score (nSPS) is 11.2. The number of urea groups is 1. The molecule has 0 radical (unpaired) electrons. The molecule has 0 fully saturated rings. The van der Waals surface area contributed by atoms with Crippen LogP contribution in [0.3, 0.4) is 0 Å². The number of aliphatic hydroxyl groups excluding tert-OH is 1. The van der Waals surface area contributed by atoms with Gasteiger partial charge in [-0.05, 0) is 34.1 Å². The number of carboxylic acids is 1. The summed E-state index contributed by atoms with van der Waals surface area (Å²) in [5.41, 5.74) is -1.24. The van der Waals surface area contributed by atoms with Gasteiger partial charge in [-0.2, -0.15) is 0 Å². The van der Waals surface area contributed by atoms with Crippen LogP contribution in [0, 0.1) is 0 Å². The van der Waals surface area contributed by atoms with Gasteiger partial charge < -0.3 is 20.0 Å². The third kappa shape index (κ3) is 3.87. The van der Waals surface area contributed by atoms with Gasteiger partial charge >= 0.3 is 12.0 Å². The fourth-order valence-electron chi connectivity index (χ4n) is 1.71. The Morgan fingerprint density at radius 3 is 2.06 bits per heavy atom. The van der Waals surface area contributed by atoms with Crippen LogP contribution in [0.2, 0.25) is 0 Å². The third-order valence-electron chi connectivity index (χ3n) is 2.98. The molecule has 0 aromatic heterocycles. The minimum Gasteiger partial charge on any atom is -0.480 e. The molecule has 0 aliphatic rings. The molecule has 2 amide bonds. The molecule has 0 aromatic carbocycles. The van der Waals surface area contributed by atoms with Gasteiger partial charge in [-0.1, -0.05) is 0 Å². The molecule has 0 unspecified atom stereocenters. The number of carboxylic acid groups (broad SMARTS) is 1. The second kappa shape index (κ2) is 7.20. The van der Waals surface area contributed by atoms with Gasteiger partial charge in [0.2, 0.25) is 0 Å². The second-order valence-electron chi connectivity index (χ2n) is 4.55. The lowest BCUT2D eigenvalue weighted by atomic mass is 10.0. The molecule has 6 heteroatoms. The SMILES string of the molecule is CCN(CCCO)C(=O)N(CC)C(C)(C)C(=O)O. The van der Waals surface area contributed by atoms with Crippen molar-refractivity contribution in [3.63, 3.8) is 0 Å². The minimum absolute atomic E-state index is 0.0121. The quantitative estimate of drug-likeness (QED) is 0.715. The molecule has 0 aliphatic heterocycles. The number of carbonyl (C=O) groups excluding carboxylic acids is 1. The molecule has 0 bridgehead atoms. The summed E-state index contributed by atoms with van der Waals surface area (Å²) in [6.07, 6.45) is 0.491. The van der Waals surface area contributed by atoms with Crippen molar-refractivity contribution in [2.75, 3.05) is 26.2 Å². The minimum atomic E-state index is -1.24. The van der Waals surface area contributed by atoms with Gasteiger partial charge in [0.15, 0.2) is 0 Å². The molecule has 0 heterocycles.